The second-order valence-electron chi connectivity index (χ2n) is 7.48. The molecule has 0 radical (unpaired) electrons. The SMILES string of the molecule is CCc1nc(N2CCC(C(=O)NCc3cccc(Cl)c3)CC2)c2c(C)scc2n1. The Morgan fingerprint density at radius 2 is 2.10 bits per heavy atom. The number of hydrogen-bond acceptors (Lipinski definition) is 5. The summed E-state index contributed by atoms with van der Waals surface area (Å²) in [6.07, 6.45) is 2.48. The zero-order valence-corrected chi connectivity index (χ0v) is 18.3. The van der Waals surface area contributed by atoms with Crippen molar-refractivity contribution in [1.82, 2.24) is 15.3 Å². The predicted molar refractivity (Wildman–Crippen MR) is 120 cm³/mol. The number of carbonyl (C=O) groups is 1. The zero-order chi connectivity index (χ0) is 20.4. The summed E-state index contributed by atoms with van der Waals surface area (Å²) >= 11 is 7.74. The van der Waals surface area contributed by atoms with Crippen LogP contribution >= 0.6 is 22.9 Å². The predicted octanol–water partition coefficient (Wildman–Crippen LogP) is 4.75. The number of halogens is 1. The number of rotatable bonds is 5. The Balaban J connectivity index is 1.41. The summed E-state index contributed by atoms with van der Waals surface area (Å²) in [5.41, 5.74) is 2.06. The molecule has 0 atom stereocenters. The highest BCUT2D eigenvalue weighted by atomic mass is 35.5. The Morgan fingerprint density at radius 1 is 1.31 bits per heavy atom. The average Bonchev–Trinajstić information content (AvgIpc) is 3.12. The minimum absolute atomic E-state index is 0.0389. The van der Waals surface area contributed by atoms with Crippen LogP contribution in [0, 0.1) is 12.8 Å². The van der Waals surface area contributed by atoms with E-state index in [1.54, 1.807) is 11.3 Å². The molecule has 0 spiro atoms. The lowest BCUT2D eigenvalue weighted by atomic mass is 9.95. The number of nitrogens with one attached hydrogen (secondary N) is 1. The van der Waals surface area contributed by atoms with Crippen molar-refractivity contribution < 1.29 is 4.79 Å². The number of aryl methyl sites for hydroxylation is 2. The number of thiophene rings is 1. The Bertz CT molecular complexity index is 1030. The maximum atomic E-state index is 12.6. The van der Waals surface area contributed by atoms with Gasteiger partial charge in [-0.15, -0.1) is 11.3 Å². The van der Waals surface area contributed by atoms with Crippen LogP contribution in [0.15, 0.2) is 29.6 Å². The summed E-state index contributed by atoms with van der Waals surface area (Å²) in [5, 5.41) is 7.03. The molecule has 0 unspecified atom stereocenters. The molecule has 0 bridgehead atoms. The van der Waals surface area contributed by atoms with Gasteiger partial charge in [0, 0.05) is 47.3 Å². The lowest BCUT2D eigenvalue weighted by Crippen LogP contribution is -2.40. The van der Waals surface area contributed by atoms with Crippen LogP contribution in [0.3, 0.4) is 0 Å². The fourth-order valence-corrected chi connectivity index (χ4v) is 4.85. The van der Waals surface area contributed by atoms with E-state index in [0.717, 1.165) is 60.5 Å². The summed E-state index contributed by atoms with van der Waals surface area (Å²) < 4.78 is 0. The van der Waals surface area contributed by atoms with Gasteiger partial charge < -0.3 is 10.2 Å². The smallest absolute Gasteiger partial charge is 0.223 e. The summed E-state index contributed by atoms with van der Waals surface area (Å²) in [7, 11) is 0. The third kappa shape index (κ3) is 4.38. The molecule has 4 rings (SSSR count). The molecule has 29 heavy (non-hydrogen) atoms. The maximum Gasteiger partial charge on any atom is 0.223 e. The normalized spacial score (nSPS) is 15.1. The van der Waals surface area contributed by atoms with Crippen molar-refractivity contribution >= 4 is 45.6 Å². The van der Waals surface area contributed by atoms with Crippen molar-refractivity contribution in [3.63, 3.8) is 0 Å². The quantitative estimate of drug-likeness (QED) is 0.637. The number of fused-ring (bicyclic) bond motifs is 1. The van der Waals surface area contributed by atoms with E-state index in [-0.39, 0.29) is 11.8 Å². The molecule has 152 valence electrons. The fourth-order valence-electron chi connectivity index (χ4n) is 3.86. The van der Waals surface area contributed by atoms with Crippen LogP contribution < -0.4 is 10.2 Å². The molecule has 0 saturated carbocycles. The topological polar surface area (TPSA) is 58.1 Å². The van der Waals surface area contributed by atoms with Crippen LogP contribution in [0.4, 0.5) is 5.82 Å². The van der Waals surface area contributed by atoms with Gasteiger partial charge in [0.05, 0.1) is 10.9 Å². The minimum Gasteiger partial charge on any atom is -0.356 e. The average molecular weight is 429 g/mol. The first-order valence-electron chi connectivity index (χ1n) is 10.1. The standard InChI is InChI=1S/C22H25ClN4OS/c1-3-19-25-18-13-29-14(2)20(18)21(26-19)27-9-7-16(8-10-27)22(28)24-12-15-5-4-6-17(23)11-15/h4-6,11,13,16H,3,7-10,12H2,1-2H3,(H,24,28). The van der Waals surface area contributed by atoms with Crippen LogP contribution in [0.5, 0.6) is 0 Å². The highest BCUT2D eigenvalue weighted by Crippen LogP contribution is 2.33. The van der Waals surface area contributed by atoms with Gasteiger partial charge in [-0.25, -0.2) is 9.97 Å². The minimum atomic E-state index is 0.0389. The molecule has 7 heteroatoms. The van der Waals surface area contributed by atoms with Crippen molar-refractivity contribution in [2.24, 2.45) is 5.92 Å². The van der Waals surface area contributed by atoms with E-state index < -0.39 is 0 Å². The number of aromatic nitrogens is 2. The summed E-state index contributed by atoms with van der Waals surface area (Å²) in [6.45, 7) is 6.39. The van der Waals surface area contributed by atoms with Gasteiger partial charge in [0.2, 0.25) is 5.91 Å². The molecule has 0 aliphatic carbocycles. The Morgan fingerprint density at radius 3 is 2.83 bits per heavy atom. The second-order valence-corrected chi connectivity index (χ2v) is 9.00. The molecule has 1 fully saturated rings. The molecular formula is C22H25ClN4OS. The number of hydrogen-bond donors (Lipinski definition) is 1. The third-order valence-electron chi connectivity index (χ3n) is 5.50. The van der Waals surface area contributed by atoms with Crippen molar-refractivity contribution in [3.8, 4) is 0 Å². The van der Waals surface area contributed by atoms with Gasteiger partial charge in [-0.05, 0) is 37.5 Å². The van der Waals surface area contributed by atoms with E-state index in [0.29, 0.717) is 11.6 Å². The van der Waals surface area contributed by atoms with Crippen LogP contribution in [0.1, 0.15) is 36.0 Å². The molecule has 3 aromatic rings. The van der Waals surface area contributed by atoms with Gasteiger partial charge in [-0.2, -0.15) is 0 Å². The van der Waals surface area contributed by atoms with E-state index in [1.807, 2.05) is 24.3 Å². The molecule has 1 saturated heterocycles. The molecule has 3 heterocycles. The molecule has 1 aliphatic rings. The molecule has 2 aromatic heterocycles. The van der Waals surface area contributed by atoms with Crippen molar-refractivity contribution in [2.75, 3.05) is 18.0 Å². The highest BCUT2D eigenvalue weighted by molar-refractivity contribution is 7.11. The number of carbonyl (C=O) groups excluding carboxylic acids is 1. The molecule has 5 nitrogen and oxygen atoms in total. The van der Waals surface area contributed by atoms with E-state index in [2.05, 4.69) is 34.4 Å². The summed E-state index contributed by atoms with van der Waals surface area (Å²) in [5.74, 6) is 2.07. The number of anilines is 1. The van der Waals surface area contributed by atoms with Crippen LogP contribution in [0.25, 0.3) is 10.9 Å². The Labute approximate surface area is 180 Å². The largest absolute Gasteiger partial charge is 0.356 e. The Hall–Kier alpha value is -2.18. The molecule has 1 amide bonds. The van der Waals surface area contributed by atoms with Crippen LogP contribution in [0.2, 0.25) is 5.02 Å². The van der Waals surface area contributed by atoms with Gasteiger partial charge >= 0.3 is 0 Å². The van der Waals surface area contributed by atoms with Crippen molar-refractivity contribution in [1.29, 1.82) is 0 Å². The third-order valence-corrected chi connectivity index (χ3v) is 6.63. The molecule has 1 N–H and O–H groups in total. The number of amides is 1. The molecule has 1 aromatic carbocycles. The first-order chi connectivity index (χ1) is 14.0. The lowest BCUT2D eigenvalue weighted by Gasteiger charge is -2.32. The van der Waals surface area contributed by atoms with Gasteiger partial charge in [-0.3, -0.25) is 4.79 Å². The van der Waals surface area contributed by atoms with E-state index >= 15 is 0 Å². The fraction of sp³-hybridized carbons (Fsp3) is 0.409. The van der Waals surface area contributed by atoms with Crippen LogP contribution in [-0.2, 0) is 17.8 Å². The Kier molecular flexibility index (Phi) is 6.01. The van der Waals surface area contributed by atoms with Gasteiger partial charge in [-0.1, -0.05) is 30.7 Å². The monoisotopic (exact) mass is 428 g/mol. The first kappa shape index (κ1) is 20.1. The molecule has 1 aliphatic heterocycles. The zero-order valence-electron chi connectivity index (χ0n) is 16.7. The van der Waals surface area contributed by atoms with Gasteiger partial charge in [0.15, 0.2) is 0 Å². The van der Waals surface area contributed by atoms with E-state index in [9.17, 15) is 4.79 Å². The van der Waals surface area contributed by atoms with Crippen molar-refractivity contribution in [3.05, 3.63) is 50.9 Å². The summed E-state index contributed by atoms with van der Waals surface area (Å²) in [4.78, 5) is 25.7. The van der Waals surface area contributed by atoms with E-state index in [1.165, 1.54) is 4.88 Å². The van der Waals surface area contributed by atoms with Gasteiger partial charge in [0.1, 0.15) is 11.6 Å². The van der Waals surface area contributed by atoms with Gasteiger partial charge in [0.25, 0.3) is 0 Å². The first-order valence-corrected chi connectivity index (χ1v) is 11.3. The number of nitrogens with zero attached hydrogens (tertiary/aromatic N) is 3. The lowest BCUT2D eigenvalue weighted by molar-refractivity contribution is -0.125. The second kappa shape index (κ2) is 8.67. The highest BCUT2D eigenvalue weighted by Gasteiger charge is 2.27. The number of benzene rings is 1. The summed E-state index contributed by atoms with van der Waals surface area (Å²) in [6, 6.07) is 7.61. The maximum absolute atomic E-state index is 12.6. The van der Waals surface area contributed by atoms with Crippen molar-refractivity contribution in [2.45, 2.75) is 39.7 Å². The van der Waals surface area contributed by atoms with E-state index in [4.69, 9.17) is 16.6 Å². The van der Waals surface area contributed by atoms with Crippen LogP contribution in [-0.4, -0.2) is 29.0 Å². The number of piperidine rings is 1. The molecular weight excluding hydrogens is 404 g/mol.